The molecule has 13 heavy (non-hydrogen) atoms. The molecule has 1 rings (SSSR count). The first-order valence-corrected chi connectivity index (χ1v) is 4.27. The molecule has 1 aliphatic rings. The Balaban J connectivity index is 2.65. The maximum atomic E-state index is 10.6. The molecule has 4 nitrogen and oxygen atoms in total. The summed E-state index contributed by atoms with van der Waals surface area (Å²) in [5.41, 5.74) is -0.903. The Labute approximate surface area is 78.7 Å². The highest BCUT2D eigenvalue weighted by molar-refractivity contribution is 6.40. The number of hydrogen-bond acceptors (Lipinski definition) is 4. The highest BCUT2D eigenvalue weighted by Crippen LogP contribution is 2.36. The van der Waals surface area contributed by atoms with Crippen LogP contribution in [0.3, 0.4) is 0 Å². The van der Waals surface area contributed by atoms with Crippen LogP contribution in [0.1, 0.15) is 34.6 Å². The van der Waals surface area contributed by atoms with Crippen LogP contribution in [0.2, 0.25) is 0 Å². The first kappa shape index (κ1) is 10.5. The fourth-order valence-corrected chi connectivity index (χ4v) is 0.973. The SMILES string of the molecule is CC(=O)OB1OC(C)(C)C(C)(C)O1. The van der Waals surface area contributed by atoms with Crippen molar-refractivity contribution >= 4 is 13.3 Å². The van der Waals surface area contributed by atoms with E-state index in [2.05, 4.69) is 0 Å². The summed E-state index contributed by atoms with van der Waals surface area (Å²) < 4.78 is 15.6. The van der Waals surface area contributed by atoms with Gasteiger partial charge in [0.15, 0.2) is 0 Å². The Morgan fingerprint density at radius 2 is 1.54 bits per heavy atom. The van der Waals surface area contributed by atoms with Gasteiger partial charge in [-0.05, 0) is 27.7 Å². The molecule has 0 aliphatic carbocycles. The third kappa shape index (κ3) is 2.03. The van der Waals surface area contributed by atoms with Crippen LogP contribution in [0.15, 0.2) is 0 Å². The van der Waals surface area contributed by atoms with Gasteiger partial charge in [-0.25, -0.2) is 0 Å². The van der Waals surface area contributed by atoms with Crippen LogP contribution in [0.5, 0.6) is 0 Å². The van der Waals surface area contributed by atoms with E-state index in [4.69, 9.17) is 14.0 Å². The topological polar surface area (TPSA) is 44.8 Å². The molecule has 1 heterocycles. The zero-order chi connectivity index (χ0) is 10.3. The summed E-state index contributed by atoms with van der Waals surface area (Å²) in [6.45, 7) is 8.92. The zero-order valence-corrected chi connectivity index (χ0v) is 8.71. The van der Waals surface area contributed by atoms with Crippen molar-refractivity contribution in [2.24, 2.45) is 0 Å². The van der Waals surface area contributed by atoms with Gasteiger partial charge in [0, 0.05) is 6.92 Å². The van der Waals surface area contributed by atoms with Crippen LogP contribution in [0.25, 0.3) is 0 Å². The maximum Gasteiger partial charge on any atom is 0.716 e. The van der Waals surface area contributed by atoms with Gasteiger partial charge in [0.1, 0.15) is 0 Å². The maximum absolute atomic E-state index is 10.6. The predicted molar refractivity (Wildman–Crippen MR) is 47.8 cm³/mol. The summed E-state index contributed by atoms with van der Waals surface area (Å²) >= 11 is 0. The van der Waals surface area contributed by atoms with E-state index in [1.807, 2.05) is 27.7 Å². The molecule has 5 heteroatoms. The lowest BCUT2D eigenvalue weighted by atomic mass is 9.90. The molecule has 0 bridgehead atoms. The van der Waals surface area contributed by atoms with E-state index in [-0.39, 0.29) is 0 Å². The van der Waals surface area contributed by atoms with Gasteiger partial charge in [-0.3, -0.25) is 4.79 Å². The Kier molecular flexibility index (Phi) is 2.43. The molecule has 1 fully saturated rings. The molecular weight excluding hydrogens is 171 g/mol. The second-order valence-corrected chi connectivity index (χ2v) is 4.15. The molecule has 0 atom stereocenters. The molecule has 0 N–H and O–H groups in total. The average Bonchev–Trinajstić information content (AvgIpc) is 1.98. The predicted octanol–water partition coefficient (Wildman–Crippen LogP) is 1.14. The van der Waals surface area contributed by atoms with Gasteiger partial charge >= 0.3 is 7.32 Å². The number of hydrogen-bond donors (Lipinski definition) is 0. The first-order chi connectivity index (χ1) is 5.74. The fourth-order valence-electron chi connectivity index (χ4n) is 0.973. The molecule has 0 aromatic heterocycles. The molecule has 74 valence electrons. The Hall–Kier alpha value is -0.545. The number of carbonyl (C=O) groups is 1. The van der Waals surface area contributed by atoms with Crippen molar-refractivity contribution < 1.29 is 18.8 Å². The lowest BCUT2D eigenvalue weighted by Crippen LogP contribution is -2.41. The van der Waals surface area contributed by atoms with Crippen molar-refractivity contribution in [2.75, 3.05) is 0 Å². The molecule has 0 amide bonds. The van der Waals surface area contributed by atoms with Gasteiger partial charge in [-0.1, -0.05) is 0 Å². The molecule has 0 spiro atoms. The van der Waals surface area contributed by atoms with Crippen molar-refractivity contribution in [3.8, 4) is 0 Å². The second kappa shape index (κ2) is 2.99. The molecule has 0 saturated carbocycles. The molecule has 0 aromatic rings. The summed E-state index contributed by atoms with van der Waals surface area (Å²) in [7, 11) is -0.873. The van der Waals surface area contributed by atoms with E-state index in [0.29, 0.717) is 0 Å². The van der Waals surface area contributed by atoms with Crippen molar-refractivity contribution in [1.82, 2.24) is 0 Å². The monoisotopic (exact) mass is 186 g/mol. The van der Waals surface area contributed by atoms with Gasteiger partial charge in [0.05, 0.1) is 11.2 Å². The van der Waals surface area contributed by atoms with Crippen LogP contribution >= 0.6 is 0 Å². The summed E-state index contributed by atoms with van der Waals surface area (Å²) in [6.07, 6.45) is 0. The average molecular weight is 186 g/mol. The van der Waals surface area contributed by atoms with E-state index in [9.17, 15) is 4.79 Å². The molecule has 0 unspecified atom stereocenters. The lowest BCUT2D eigenvalue weighted by molar-refractivity contribution is -0.134. The van der Waals surface area contributed by atoms with Crippen molar-refractivity contribution in [1.29, 1.82) is 0 Å². The molecule has 0 radical (unpaired) electrons. The summed E-state index contributed by atoms with van der Waals surface area (Å²) in [5, 5.41) is 0. The van der Waals surface area contributed by atoms with Gasteiger partial charge in [-0.15, -0.1) is 0 Å². The normalized spacial score (nSPS) is 24.5. The smallest absolute Gasteiger partial charge is 0.485 e. The van der Waals surface area contributed by atoms with Crippen LogP contribution in [0.4, 0.5) is 0 Å². The van der Waals surface area contributed by atoms with Crippen molar-refractivity contribution in [3.63, 3.8) is 0 Å². The van der Waals surface area contributed by atoms with Crippen LogP contribution < -0.4 is 0 Å². The minimum absolute atomic E-state index is 0.404. The largest absolute Gasteiger partial charge is 0.716 e. The van der Waals surface area contributed by atoms with Gasteiger partial charge in [0.25, 0.3) is 5.97 Å². The first-order valence-electron chi connectivity index (χ1n) is 4.27. The van der Waals surface area contributed by atoms with Crippen molar-refractivity contribution in [3.05, 3.63) is 0 Å². The summed E-state index contributed by atoms with van der Waals surface area (Å²) in [6, 6.07) is 0. The number of carbonyl (C=O) groups excluding carboxylic acids is 1. The summed E-state index contributed by atoms with van der Waals surface area (Å²) in [4.78, 5) is 10.6. The van der Waals surface area contributed by atoms with Gasteiger partial charge in [0.2, 0.25) is 0 Å². The third-order valence-electron chi connectivity index (χ3n) is 2.49. The molecule has 0 aromatic carbocycles. The van der Waals surface area contributed by atoms with E-state index in [1.165, 1.54) is 6.92 Å². The van der Waals surface area contributed by atoms with Crippen molar-refractivity contribution in [2.45, 2.75) is 45.8 Å². The van der Waals surface area contributed by atoms with E-state index in [0.717, 1.165) is 0 Å². The third-order valence-corrected chi connectivity index (χ3v) is 2.49. The van der Waals surface area contributed by atoms with Crippen LogP contribution in [-0.2, 0) is 18.8 Å². The summed E-state index contributed by atoms with van der Waals surface area (Å²) in [5.74, 6) is -0.404. The minimum Gasteiger partial charge on any atom is -0.485 e. The molecule has 1 saturated heterocycles. The Morgan fingerprint density at radius 3 is 1.85 bits per heavy atom. The minimum atomic E-state index is -0.873. The number of rotatable bonds is 1. The van der Waals surface area contributed by atoms with E-state index < -0.39 is 24.5 Å². The zero-order valence-electron chi connectivity index (χ0n) is 8.71. The van der Waals surface area contributed by atoms with Gasteiger partial charge in [-0.2, -0.15) is 0 Å². The molecule has 1 aliphatic heterocycles. The quantitative estimate of drug-likeness (QED) is 0.576. The lowest BCUT2D eigenvalue weighted by Gasteiger charge is -2.31. The van der Waals surface area contributed by atoms with E-state index >= 15 is 0 Å². The standard InChI is InChI=1S/C8H15BO4/c1-6(10)11-9-12-7(2,3)8(4,5)13-9/h1-5H3. The van der Waals surface area contributed by atoms with E-state index in [1.54, 1.807) is 0 Å². The second-order valence-electron chi connectivity index (χ2n) is 4.15. The Bertz CT molecular complexity index is 208. The highest BCUT2D eigenvalue weighted by Gasteiger charge is 2.54. The van der Waals surface area contributed by atoms with Crippen LogP contribution in [-0.4, -0.2) is 24.5 Å². The Morgan fingerprint density at radius 1 is 1.15 bits per heavy atom. The van der Waals surface area contributed by atoms with Gasteiger partial charge < -0.3 is 14.0 Å². The molecular formula is C8H15BO4. The fraction of sp³-hybridized carbons (Fsp3) is 0.875. The highest BCUT2D eigenvalue weighted by atomic mass is 16.8. The van der Waals surface area contributed by atoms with Crippen LogP contribution in [0, 0.1) is 0 Å².